The molecule has 6 aromatic rings. The quantitative estimate of drug-likeness (QED) is 0.221. The van der Waals surface area contributed by atoms with Gasteiger partial charge in [0.15, 0.2) is 0 Å². The van der Waals surface area contributed by atoms with Crippen LogP contribution in [-0.2, 0) is 5.54 Å². The van der Waals surface area contributed by atoms with Crippen molar-refractivity contribution in [1.82, 2.24) is 9.78 Å². The van der Waals surface area contributed by atoms with E-state index in [0.717, 1.165) is 27.9 Å². The number of benzene rings is 5. The average molecular weight is 477 g/mol. The lowest BCUT2D eigenvalue weighted by molar-refractivity contribution is 0.465. The van der Waals surface area contributed by atoms with Crippen LogP contribution in [0.4, 0.5) is 0 Å². The van der Waals surface area contributed by atoms with Crippen molar-refractivity contribution in [3.63, 3.8) is 0 Å². The number of hydrogen-bond donors (Lipinski definition) is 0. The lowest BCUT2D eigenvalue weighted by atomic mass is 9.76. The maximum absolute atomic E-state index is 5.06. The van der Waals surface area contributed by atoms with Crippen LogP contribution in [0.1, 0.15) is 22.3 Å². The molecule has 0 aliphatic rings. The van der Waals surface area contributed by atoms with E-state index in [1.807, 2.05) is 6.20 Å². The molecular formula is C35H28N2. The predicted octanol–water partition coefficient (Wildman–Crippen LogP) is 8.37. The SMILES string of the molecule is Cc1ccc(-c2ccccc2-c2ccnn2C(c2ccccc2)(c2ccccc2)c2ccccc2)cc1. The highest BCUT2D eigenvalue weighted by atomic mass is 15.3. The highest BCUT2D eigenvalue weighted by Crippen LogP contribution is 2.44. The molecule has 0 bridgehead atoms. The van der Waals surface area contributed by atoms with Crippen molar-refractivity contribution in [2.45, 2.75) is 12.5 Å². The summed E-state index contributed by atoms with van der Waals surface area (Å²) in [6, 6.07) is 51.6. The first-order valence-electron chi connectivity index (χ1n) is 12.7. The monoisotopic (exact) mass is 476 g/mol. The fourth-order valence-electron chi connectivity index (χ4n) is 5.37. The van der Waals surface area contributed by atoms with Crippen LogP contribution < -0.4 is 0 Å². The van der Waals surface area contributed by atoms with E-state index in [0.29, 0.717) is 0 Å². The summed E-state index contributed by atoms with van der Waals surface area (Å²) < 4.78 is 2.21. The van der Waals surface area contributed by atoms with Crippen LogP contribution in [0.5, 0.6) is 0 Å². The van der Waals surface area contributed by atoms with Gasteiger partial charge in [-0.1, -0.05) is 145 Å². The van der Waals surface area contributed by atoms with Crippen molar-refractivity contribution >= 4 is 0 Å². The maximum atomic E-state index is 5.06. The lowest BCUT2D eigenvalue weighted by Gasteiger charge is -2.38. The minimum absolute atomic E-state index is 0.664. The third kappa shape index (κ3) is 3.97. The lowest BCUT2D eigenvalue weighted by Crippen LogP contribution is -2.39. The van der Waals surface area contributed by atoms with Crippen LogP contribution >= 0.6 is 0 Å². The summed E-state index contributed by atoms with van der Waals surface area (Å²) >= 11 is 0. The van der Waals surface area contributed by atoms with Gasteiger partial charge in [0.2, 0.25) is 0 Å². The molecule has 0 amide bonds. The zero-order valence-corrected chi connectivity index (χ0v) is 20.8. The molecule has 5 aromatic carbocycles. The zero-order chi connectivity index (χ0) is 25.1. The van der Waals surface area contributed by atoms with Gasteiger partial charge in [-0.2, -0.15) is 5.10 Å². The third-order valence-electron chi connectivity index (χ3n) is 7.10. The summed E-state index contributed by atoms with van der Waals surface area (Å²) in [5.74, 6) is 0. The van der Waals surface area contributed by atoms with Crippen molar-refractivity contribution in [2.24, 2.45) is 0 Å². The van der Waals surface area contributed by atoms with E-state index < -0.39 is 5.54 Å². The molecule has 0 fully saturated rings. The number of aromatic nitrogens is 2. The summed E-state index contributed by atoms with van der Waals surface area (Å²) in [7, 11) is 0. The first-order chi connectivity index (χ1) is 18.3. The van der Waals surface area contributed by atoms with E-state index in [4.69, 9.17) is 5.10 Å². The Bertz CT molecular complexity index is 1500. The number of aryl methyl sites for hydroxylation is 1. The summed E-state index contributed by atoms with van der Waals surface area (Å²) in [5, 5.41) is 5.06. The van der Waals surface area contributed by atoms with E-state index in [1.165, 1.54) is 16.7 Å². The van der Waals surface area contributed by atoms with E-state index in [-0.39, 0.29) is 0 Å². The Hall–Kier alpha value is -4.69. The Balaban J connectivity index is 1.69. The number of nitrogens with zero attached hydrogens (tertiary/aromatic N) is 2. The standard InChI is InChI=1S/C35H28N2/c1-27-21-23-28(24-22-27)32-19-11-12-20-33(32)34-25-26-36-37(34)35(29-13-5-2-6-14-29,30-15-7-3-8-16-30)31-17-9-4-10-18-31/h2-26H,1H3. The molecule has 0 aliphatic heterocycles. The molecule has 6 rings (SSSR count). The second-order valence-electron chi connectivity index (χ2n) is 9.35. The molecule has 0 unspecified atom stereocenters. The second kappa shape index (κ2) is 9.75. The summed E-state index contributed by atoms with van der Waals surface area (Å²) in [5.41, 5.74) is 8.65. The van der Waals surface area contributed by atoms with Gasteiger partial charge in [0.25, 0.3) is 0 Å². The first kappa shape index (κ1) is 22.8. The fraction of sp³-hybridized carbons (Fsp3) is 0.0571. The van der Waals surface area contributed by atoms with E-state index in [2.05, 4.69) is 157 Å². The van der Waals surface area contributed by atoms with Gasteiger partial charge in [-0.25, -0.2) is 4.68 Å². The minimum Gasteiger partial charge on any atom is -0.245 e. The molecule has 2 nitrogen and oxygen atoms in total. The molecule has 0 saturated heterocycles. The molecular weight excluding hydrogens is 448 g/mol. The van der Waals surface area contributed by atoms with E-state index in [9.17, 15) is 0 Å². The summed E-state index contributed by atoms with van der Waals surface area (Å²) in [4.78, 5) is 0. The largest absolute Gasteiger partial charge is 0.245 e. The first-order valence-corrected chi connectivity index (χ1v) is 12.7. The molecule has 178 valence electrons. The molecule has 0 atom stereocenters. The zero-order valence-electron chi connectivity index (χ0n) is 20.8. The molecule has 2 heteroatoms. The molecule has 0 spiro atoms. The third-order valence-corrected chi connectivity index (χ3v) is 7.10. The Labute approximate surface area is 218 Å². The highest BCUT2D eigenvalue weighted by molar-refractivity contribution is 5.82. The highest BCUT2D eigenvalue weighted by Gasteiger charge is 2.40. The minimum atomic E-state index is -0.664. The van der Waals surface area contributed by atoms with Crippen molar-refractivity contribution in [1.29, 1.82) is 0 Å². The van der Waals surface area contributed by atoms with Crippen LogP contribution in [0, 0.1) is 6.92 Å². The summed E-state index contributed by atoms with van der Waals surface area (Å²) in [6.07, 6.45) is 1.92. The Morgan fingerprint density at radius 3 is 1.46 bits per heavy atom. The van der Waals surface area contributed by atoms with Gasteiger partial charge in [0, 0.05) is 11.8 Å². The Morgan fingerprint density at radius 2 is 0.946 bits per heavy atom. The maximum Gasteiger partial charge on any atom is 0.138 e. The van der Waals surface area contributed by atoms with Gasteiger partial charge < -0.3 is 0 Å². The average Bonchev–Trinajstić information content (AvgIpc) is 3.46. The van der Waals surface area contributed by atoms with Crippen molar-refractivity contribution in [3.8, 4) is 22.4 Å². The van der Waals surface area contributed by atoms with Crippen molar-refractivity contribution in [3.05, 3.63) is 174 Å². The van der Waals surface area contributed by atoms with Crippen LogP contribution in [0.15, 0.2) is 152 Å². The Kier molecular flexibility index (Phi) is 6.00. The van der Waals surface area contributed by atoms with Crippen molar-refractivity contribution in [2.75, 3.05) is 0 Å². The molecule has 1 heterocycles. The molecule has 1 aromatic heterocycles. The van der Waals surface area contributed by atoms with E-state index >= 15 is 0 Å². The fourth-order valence-corrected chi connectivity index (χ4v) is 5.37. The normalized spacial score (nSPS) is 11.4. The topological polar surface area (TPSA) is 17.8 Å². The predicted molar refractivity (Wildman–Crippen MR) is 152 cm³/mol. The van der Waals surface area contributed by atoms with Gasteiger partial charge in [0.05, 0.1) is 5.69 Å². The Morgan fingerprint density at radius 1 is 0.486 bits per heavy atom. The van der Waals surface area contributed by atoms with Crippen LogP contribution in [0.25, 0.3) is 22.4 Å². The second-order valence-corrected chi connectivity index (χ2v) is 9.35. The van der Waals surface area contributed by atoms with Crippen LogP contribution in [0.2, 0.25) is 0 Å². The number of hydrogen-bond acceptors (Lipinski definition) is 1. The van der Waals surface area contributed by atoms with Crippen molar-refractivity contribution < 1.29 is 0 Å². The van der Waals surface area contributed by atoms with E-state index in [1.54, 1.807) is 0 Å². The molecule has 0 radical (unpaired) electrons. The molecule has 0 aliphatic carbocycles. The van der Waals surface area contributed by atoms with Gasteiger partial charge >= 0.3 is 0 Å². The van der Waals surface area contributed by atoms with Crippen LogP contribution in [0.3, 0.4) is 0 Å². The summed E-state index contributed by atoms with van der Waals surface area (Å²) in [6.45, 7) is 2.12. The molecule has 0 saturated carbocycles. The van der Waals surface area contributed by atoms with Gasteiger partial charge in [-0.3, -0.25) is 0 Å². The van der Waals surface area contributed by atoms with Gasteiger partial charge in [-0.05, 0) is 40.8 Å². The van der Waals surface area contributed by atoms with Gasteiger partial charge in [-0.15, -0.1) is 0 Å². The molecule has 0 N–H and O–H groups in total. The molecule has 37 heavy (non-hydrogen) atoms. The van der Waals surface area contributed by atoms with Gasteiger partial charge in [0.1, 0.15) is 5.54 Å². The number of rotatable bonds is 6. The van der Waals surface area contributed by atoms with Crippen LogP contribution in [-0.4, -0.2) is 9.78 Å². The smallest absolute Gasteiger partial charge is 0.138 e.